The summed E-state index contributed by atoms with van der Waals surface area (Å²) in [5, 5.41) is 0. The Morgan fingerprint density at radius 1 is 1.50 bits per heavy atom. The van der Waals surface area contributed by atoms with Gasteiger partial charge in [-0.2, -0.15) is 0 Å². The molecule has 0 saturated heterocycles. The molecule has 0 amide bonds. The summed E-state index contributed by atoms with van der Waals surface area (Å²) in [4.78, 5) is 13.3. The molecule has 1 atom stereocenters. The molecule has 0 spiro atoms. The molecule has 0 bridgehead atoms. The lowest BCUT2D eigenvalue weighted by Gasteiger charge is -2.12. The Morgan fingerprint density at radius 3 is 2.80 bits per heavy atom. The molecule has 8 heteroatoms. The Bertz CT molecular complexity index is 713. The maximum absolute atomic E-state index is 12.2. The van der Waals surface area contributed by atoms with E-state index in [-0.39, 0.29) is 15.1 Å². The highest BCUT2D eigenvalue weighted by Crippen LogP contribution is 2.16. The van der Waals surface area contributed by atoms with E-state index in [4.69, 9.17) is 4.42 Å². The Labute approximate surface area is 120 Å². The van der Waals surface area contributed by atoms with Gasteiger partial charge in [-0.05, 0) is 32.4 Å². The summed E-state index contributed by atoms with van der Waals surface area (Å²) in [6.45, 7) is 3.35. The van der Waals surface area contributed by atoms with Crippen LogP contribution in [0.25, 0.3) is 0 Å². The second-order valence-corrected chi connectivity index (χ2v) is 7.46. The molecule has 2 aromatic rings. The molecule has 0 aliphatic heterocycles. The van der Waals surface area contributed by atoms with Gasteiger partial charge in [-0.15, -0.1) is 0 Å². The minimum Gasteiger partial charge on any atom is -0.469 e. The van der Waals surface area contributed by atoms with Crippen LogP contribution in [0.1, 0.15) is 24.8 Å². The van der Waals surface area contributed by atoms with Gasteiger partial charge in [-0.25, -0.2) is 13.1 Å². The number of aryl methyl sites for hydroxylation is 2. The molecule has 1 unspecified atom stereocenters. The molecule has 0 aliphatic carbocycles. The standard InChI is InChI=1S/C12H16N2O4S2/c1-8(5-6-10-4-3-7-18-10)14-20(16,17)11-9(2)13-12(15)19-11/h3-4,7-8,14H,5-6H2,1-2H3,(H,13,15). The van der Waals surface area contributed by atoms with Crippen molar-refractivity contribution in [2.24, 2.45) is 0 Å². The number of aromatic nitrogens is 1. The lowest BCUT2D eigenvalue weighted by atomic mass is 10.2. The van der Waals surface area contributed by atoms with Crippen LogP contribution in [0.2, 0.25) is 0 Å². The molecule has 20 heavy (non-hydrogen) atoms. The molecule has 2 heterocycles. The highest BCUT2D eigenvalue weighted by molar-refractivity contribution is 7.91. The van der Waals surface area contributed by atoms with Crippen molar-refractivity contribution in [2.75, 3.05) is 0 Å². The number of furan rings is 1. The fourth-order valence-electron chi connectivity index (χ4n) is 1.84. The summed E-state index contributed by atoms with van der Waals surface area (Å²) in [5.41, 5.74) is 0.366. The van der Waals surface area contributed by atoms with Crippen molar-refractivity contribution >= 4 is 21.4 Å². The molecule has 0 radical (unpaired) electrons. The number of hydrogen-bond acceptors (Lipinski definition) is 5. The van der Waals surface area contributed by atoms with Crippen molar-refractivity contribution < 1.29 is 12.8 Å². The first-order chi connectivity index (χ1) is 9.38. The first kappa shape index (κ1) is 15.0. The SMILES string of the molecule is Cc1[nH]c(=O)sc1S(=O)(=O)NC(C)CCc1ccco1. The average Bonchev–Trinajstić information content (AvgIpc) is 2.95. The summed E-state index contributed by atoms with van der Waals surface area (Å²) in [5.74, 6) is 0.818. The first-order valence-corrected chi connectivity index (χ1v) is 8.43. The molecule has 2 aromatic heterocycles. The van der Waals surface area contributed by atoms with E-state index in [0.29, 0.717) is 29.9 Å². The summed E-state index contributed by atoms with van der Waals surface area (Å²) in [6, 6.07) is 3.40. The summed E-state index contributed by atoms with van der Waals surface area (Å²) in [6.07, 6.45) is 2.86. The van der Waals surface area contributed by atoms with E-state index in [1.807, 2.05) is 6.07 Å². The topological polar surface area (TPSA) is 92.2 Å². The number of nitrogens with one attached hydrogen (secondary N) is 2. The van der Waals surface area contributed by atoms with Crippen LogP contribution in [0, 0.1) is 6.92 Å². The van der Waals surface area contributed by atoms with E-state index in [0.717, 1.165) is 5.76 Å². The third kappa shape index (κ3) is 3.59. The van der Waals surface area contributed by atoms with Crippen LogP contribution in [0.5, 0.6) is 0 Å². The number of aromatic amines is 1. The number of thiazole rings is 1. The van der Waals surface area contributed by atoms with Gasteiger partial charge in [0.05, 0.1) is 6.26 Å². The zero-order chi connectivity index (χ0) is 14.8. The van der Waals surface area contributed by atoms with E-state index < -0.39 is 10.0 Å². The smallest absolute Gasteiger partial charge is 0.305 e. The molecule has 0 aromatic carbocycles. The van der Waals surface area contributed by atoms with Crippen LogP contribution in [0.4, 0.5) is 0 Å². The second-order valence-electron chi connectivity index (χ2n) is 4.57. The van der Waals surface area contributed by atoms with E-state index in [1.165, 1.54) is 0 Å². The summed E-state index contributed by atoms with van der Waals surface area (Å²) >= 11 is 0.699. The average molecular weight is 316 g/mol. The maximum atomic E-state index is 12.2. The molecule has 0 saturated carbocycles. The number of hydrogen-bond donors (Lipinski definition) is 2. The first-order valence-electron chi connectivity index (χ1n) is 6.13. The Morgan fingerprint density at radius 2 is 2.25 bits per heavy atom. The molecular formula is C12H16N2O4S2. The molecule has 110 valence electrons. The van der Waals surface area contributed by atoms with Crippen molar-refractivity contribution in [1.29, 1.82) is 0 Å². The monoisotopic (exact) mass is 316 g/mol. The van der Waals surface area contributed by atoms with Gasteiger partial charge < -0.3 is 9.40 Å². The lowest BCUT2D eigenvalue weighted by molar-refractivity contribution is 0.480. The second kappa shape index (κ2) is 5.94. The fraction of sp³-hybridized carbons (Fsp3) is 0.417. The molecule has 0 fully saturated rings. The van der Waals surface area contributed by atoms with Crippen LogP contribution >= 0.6 is 11.3 Å². The Hall–Kier alpha value is -1.38. The Kier molecular flexibility index (Phi) is 4.46. The zero-order valence-corrected chi connectivity index (χ0v) is 12.8. The molecule has 2 rings (SSSR count). The number of sulfonamides is 1. The van der Waals surface area contributed by atoms with E-state index >= 15 is 0 Å². The van der Waals surface area contributed by atoms with Gasteiger partial charge in [-0.1, -0.05) is 11.3 Å². The summed E-state index contributed by atoms with van der Waals surface area (Å²) in [7, 11) is -3.65. The van der Waals surface area contributed by atoms with E-state index in [2.05, 4.69) is 9.71 Å². The zero-order valence-electron chi connectivity index (χ0n) is 11.2. The highest BCUT2D eigenvalue weighted by atomic mass is 32.2. The minimum absolute atomic E-state index is 0.0485. The van der Waals surface area contributed by atoms with Crippen LogP contribution < -0.4 is 9.60 Å². The van der Waals surface area contributed by atoms with Crippen LogP contribution in [0.15, 0.2) is 31.8 Å². The lowest BCUT2D eigenvalue weighted by Crippen LogP contribution is -2.32. The van der Waals surface area contributed by atoms with Gasteiger partial charge in [0.25, 0.3) is 10.0 Å². The molecular weight excluding hydrogens is 300 g/mol. The van der Waals surface area contributed by atoms with E-state index in [9.17, 15) is 13.2 Å². The highest BCUT2D eigenvalue weighted by Gasteiger charge is 2.22. The van der Waals surface area contributed by atoms with E-state index in [1.54, 1.807) is 26.2 Å². The minimum atomic E-state index is -3.65. The van der Waals surface area contributed by atoms with Crippen molar-refractivity contribution in [3.8, 4) is 0 Å². The van der Waals surface area contributed by atoms with Crippen LogP contribution in [0.3, 0.4) is 0 Å². The number of rotatable bonds is 6. The van der Waals surface area contributed by atoms with Crippen LogP contribution in [-0.4, -0.2) is 19.4 Å². The molecule has 2 N–H and O–H groups in total. The normalized spacial score (nSPS) is 13.5. The molecule has 6 nitrogen and oxygen atoms in total. The van der Waals surface area contributed by atoms with Gasteiger partial charge in [0.15, 0.2) is 4.21 Å². The molecule has 0 aliphatic rings. The predicted octanol–water partition coefficient (Wildman–Crippen LogP) is 1.64. The van der Waals surface area contributed by atoms with Gasteiger partial charge in [-0.3, -0.25) is 4.79 Å². The maximum Gasteiger partial charge on any atom is 0.305 e. The number of H-pyrrole nitrogens is 1. The third-order valence-corrected chi connectivity index (χ3v) is 5.98. The van der Waals surface area contributed by atoms with Crippen LogP contribution in [-0.2, 0) is 16.4 Å². The summed E-state index contributed by atoms with van der Waals surface area (Å²) < 4.78 is 32.1. The van der Waals surface area contributed by atoms with Crippen molar-refractivity contribution in [3.05, 3.63) is 39.5 Å². The quantitative estimate of drug-likeness (QED) is 0.847. The predicted molar refractivity (Wildman–Crippen MR) is 76.5 cm³/mol. The van der Waals surface area contributed by atoms with Crippen molar-refractivity contribution in [2.45, 2.75) is 36.9 Å². The Balaban J connectivity index is 2.01. The van der Waals surface area contributed by atoms with Crippen molar-refractivity contribution in [3.63, 3.8) is 0 Å². The van der Waals surface area contributed by atoms with Crippen molar-refractivity contribution in [1.82, 2.24) is 9.71 Å². The van der Waals surface area contributed by atoms with Gasteiger partial charge >= 0.3 is 4.87 Å². The largest absolute Gasteiger partial charge is 0.469 e. The van der Waals surface area contributed by atoms with Gasteiger partial charge in [0, 0.05) is 18.2 Å². The third-order valence-electron chi connectivity index (χ3n) is 2.79. The fourth-order valence-corrected chi connectivity index (χ4v) is 4.43. The van der Waals surface area contributed by atoms with Gasteiger partial charge in [0.2, 0.25) is 0 Å². The van der Waals surface area contributed by atoms with Gasteiger partial charge in [0.1, 0.15) is 5.76 Å².